The molecule has 0 spiro atoms. The third kappa shape index (κ3) is 2.95. The molecule has 0 saturated heterocycles. The number of aromatic nitrogens is 4. The Morgan fingerprint density at radius 2 is 1.96 bits per heavy atom. The fraction of sp³-hybridized carbons (Fsp3) is 0.158. The summed E-state index contributed by atoms with van der Waals surface area (Å²) in [6.45, 7) is 3.61. The molecule has 0 radical (unpaired) electrons. The van der Waals surface area contributed by atoms with Crippen LogP contribution < -0.4 is 5.32 Å². The summed E-state index contributed by atoms with van der Waals surface area (Å²) >= 11 is 0. The molecule has 0 aliphatic heterocycles. The number of hydrogen-bond acceptors (Lipinski definition) is 5. The highest BCUT2D eigenvalue weighted by atomic mass is 19.1. The molecule has 0 atom stereocenters. The maximum absolute atomic E-state index is 13.2. The Labute approximate surface area is 153 Å². The van der Waals surface area contributed by atoms with Crippen LogP contribution in [-0.4, -0.2) is 25.8 Å². The van der Waals surface area contributed by atoms with E-state index in [-0.39, 0.29) is 17.4 Å². The van der Waals surface area contributed by atoms with Crippen LogP contribution in [0.4, 0.5) is 10.1 Å². The molecule has 3 aromatic heterocycles. The normalized spacial score (nSPS) is 11.1. The molecule has 8 heteroatoms. The fourth-order valence-electron chi connectivity index (χ4n) is 2.85. The zero-order chi connectivity index (χ0) is 19.1. The van der Waals surface area contributed by atoms with Gasteiger partial charge in [0.2, 0.25) is 0 Å². The maximum atomic E-state index is 13.2. The number of rotatable bonds is 3. The summed E-state index contributed by atoms with van der Waals surface area (Å²) < 4.78 is 20.2. The quantitative estimate of drug-likeness (QED) is 0.599. The van der Waals surface area contributed by atoms with E-state index >= 15 is 0 Å². The molecular formula is C19H16FN5O2. The van der Waals surface area contributed by atoms with Crippen LogP contribution in [0.15, 0.2) is 41.1 Å². The molecule has 0 aliphatic rings. The van der Waals surface area contributed by atoms with Crippen LogP contribution in [0.25, 0.3) is 22.4 Å². The second-order valence-corrected chi connectivity index (χ2v) is 6.23. The van der Waals surface area contributed by atoms with E-state index in [4.69, 9.17) is 4.52 Å². The van der Waals surface area contributed by atoms with Gasteiger partial charge < -0.3 is 9.84 Å². The number of halogens is 1. The first kappa shape index (κ1) is 16.9. The van der Waals surface area contributed by atoms with E-state index in [0.29, 0.717) is 33.6 Å². The zero-order valence-corrected chi connectivity index (χ0v) is 14.9. The topological polar surface area (TPSA) is 85.8 Å². The van der Waals surface area contributed by atoms with Gasteiger partial charge in [-0.15, -0.1) is 0 Å². The Bertz CT molecular complexity index is 1160. The van der Waals surface area contributed by atoms with Crippen LogP contribution in [-0.2, 0) is 7.05 Å². The van der Waals surface area contributed by atoms with Gasteiger partial charge in [0.15, 0.2) is 0 Å². The van der Waals surface area contributed by atoms with Crippen molar-refractivity contribution in [2.45, 2.75) is 13.8 Å². The van der Waals surface area contributed by atoms with E-state index in [1.165, 1.54) is 12.1 Å². The number of hydrogen-bond donors (Lipinski definition) is 1. The number of fused-ring (bicyclic) bond motifs is 1. The van der Waals surface area contributed by atoms with Crippen molar-refractivity contribution < 1.29 is 13.7 Å². The van der Waals surface area contributed by atoms with Crippen LogP contribution >= 0.6 is 0 Å². The predicted molar refractivity (Wildman–Crippen MR) is 97.8 cm³/mol. The summed E-state index contributed by atoms with van der Waals surface area (Å²) in [6, 6.07) is 7.53. The van der Waals surface area contributed by atoms with E-state index in [1.54, 1.807) is 43.0 Å². The first-order valence-electron chi connectivity index (χ1n) is 8.27. The van der Waals surface area contributed by atoms with Crippen molar-refractivity contribution in [3.8, 4) is 11.3 Å². The number of benzene rings is 1. The molecule has 1 N–H and O–H groups in total. The standard InChI is InChI=1S/C19H16FN5O2/c1-10-17-14(18(26)22-16-9-21-25(3)11(16)2)8-15(23-19(17)27-24-10)12-4-6-13(20)7-5-12/h4-9H,1-3H3,(H,22,26). The largest absolute Gasteiger partial charge is 0.335 e. The van der Waals surface area contributed by atoms with Crippen molar-refractivity contribution in [1.29, 1.82) is 0 Å². The van der Waals surface area contributed by atoms with Gasteiger partial charge in [-0.25, -0.2) is 9.37 Å². The maximum Gasteiger partial charge on any atom is 0.259 e. The summed E-state index contributed by atoms with van der Waals surface area (Å²) in [5, 5.41) is 11.5. The van der Waals surface area contributed by atoms with Crippen LogP contribution in [0, 0.1) is 19.7 Å². The van der Waals surface area contributed by atoms with Gasteiger partial charge in [-0.1, -0.05) is 5.16 Å². The number of amides is 1. The molecule has 0 fully saturated rings. The first-order valence-corrected chi connectivity index (χ1v) is 8.27. The van der Waals surface area contributed by atoms with Gasteiger partial charge in [0.25, 0.3) is 11.6 Å². The number of carbonyl (C=O) groups is 1. The van der Waals surface area contributed by atoms with Crippen LogP contribution in [0.5, 0.6) is 0 Å². The number of anilines is 1. The zero-order valence-electron chi connectivity index (χ0n) is 14.9. The number of nitrogens with one attached hydrogen (secondary N) is 1. The highest BCUT2D eigenvalue weighted by molar-refractivity contribution is 6.13. The van der Waals surface area contributed by atoms with Gasteiger partial charge in [-0.3, -0.25) is 9.48 Å². The highest BCUT2D eigenvalue weighted by Crippen LogP contribution is 2.28. The Morgan fingerprint density at radius 1 is 1.22 bits per heavy atom. The average Bonchev–Trinajstić information content (AvgIpc) is 3.19. The highest BCUT2D eigenvalue weighted by Gasteiger charge is 2.20. The Kier molecular flexibility index (Phi) is 3.95. The molecule has 1 aromatic carbocycles. The Hall–Kier alpha value is -3.55. The van der Waals surface area contributed by atoms with Crippen LogP contribution in [0.2, 0.25) is 0 Å². The molecule has 4 aromatic rings. The summed E-state index contributed by atoms with van der Waals surface area (Å²) in [5.41, 5.74) is 3.80. The van der Waals surface area contributed by atoms with Gasteiger partial charge in [0.1, 0.15) is 5.82 Å². The smallest absolute Gasteiger partial charge is 0.259 e. The van der Waals surface area contributed by atoms with Crippen molar-refractivity contribution in [1.82, 2.24) is 19.9 Å². The second-order valence-electron chi connectivity index (χ2n) is 6.23. The van der Waals surface area contributed by atoms with Crippen molar-refractivity contribution in [2.75, 3.05) is 5.32 Å². The van der Waals surface area contributed by atoms with Crippen molar-refractivity contribution in [3.63, 3.8) is 0 Å². The van der Waals surface area contributed by atoms with E-state index in [2.05, 4.69) is 20.6 Å². The average molecular weight is 365 g/mol. The third-order valence-corrected chi connectivity index (χ3v) is 4.49. The van der Waals surface area contributed by atoms with E-state index in [0.717, 1.165) is 5.69 Å². The van der Waals surface area contributed by atoms with Crippen molar-refractivity contribution in [3.05, 3.63) is 59.3 Å². The van der Waals surface area contributed by atoms with Gasteiger partial charge in [0.05, 0.1) is 39.9 Å². The van der Waals surface area contributed by atoms with E-state index in [1.807, 2.05) is 6.92 Å². The van der Waals surface area contributed by atoms with Crippen LogP contribution in [0.3, 0.4) is 0 Å². The van der Waals surface area contributed by atoms with Crippen molar-refractivity contribution >= 4 is 22.7 Å². The SMILES string of the molecule is Cc1noc2nc(-c3ccc(F)cc3)cc(C(=O)Nc3cnn(C)c3C)c12. The van der Waals surface area contributed by atoms with E-state index < -0.39 is 0 Å². The molecule has 0 bridgehead atoms. The summed E-state index contributed by atoms with van der Waals surface area (Å²) in [5.74, 6) is -0.673. The number of nitrogens with zero attached hydrogens (tertiary/aromatic N) is 4. The molecule has 4 rings (SSSR count). The molecule has 1 amide bonds. The molecule has 0 unspecified atom stereocenters. The monoisotopic (exact) mass is 365 g/mol. The van der Waals surface area contributed by atoms with Gasteiger partial charge in [0, 0.05) is 12.6 Å². The van der Waals surface area contributed by atoms with Gasteiger partial charge in [-0.2, -0.15) is 5.10 Å². The van der Waals surface area contributed by atoms with Crippen molar-refractivity contribution in [2.24, 2.45) is 7.05 Å². The summed E-state index contributed by atoms with van der Waals surface area (Å²) in [4.78, 5) is 17.4. The molecule has 136 valence electrons. The number of aryl methyl sites for hydroxylation is 2. The minimum Gasteiger partial charge on any atom is -0.335 e. The van der Waals surface area contributed by atoms with Crippen LogP contribution in [0.1, 0.15) is 21.7 Å². The lowest BCUT2D eigenvalue weighted by molar-refractivity contribution is 0.102. The molecule has 3 heterocycles. The summed E-state index contributed by atoms with van der Waals surface area (Å²) in [6.07, 6.45) is 1.59. The lowest BCUT2D eigenvalue weighted by Crippen LogP contribution is -2.13. The lowest BCUT2D eigenvalue weighted by atomic mass is 10.0. The lowest BCUT2D eigenvalue weighted by Gasteiger charge is -2.08. The molecule has 0 saturated carbocycles. The molecule has 27 heavy (non-hydrogen) atoms. The van der Waals surface area contributed by atoms with Gasteiger partial charge >= 0.3 is 0 Å². The second kappa shape index (κ2) is 6.31. The van der Waals surface area contributed by atoms with E-state index in [9.17, 15) is 9.18 Å². The minimum absolute atomic E-state index is 0.252. The number of carbonyl (C=O) groups excluding carboxylic acids is 1. The van der Waals surface area contributed by atoms with Gasteiger partial charge in [-0.05, 0) is 44.2 Å². The first-order chi connectivity index (χ1) is 12.9. The Balaban J connectivity index is 1.82. The predicted octanol–water partition coefficient (Wildman–Crippen LogP) is 3.63. The third-order valence-electron chi connectivity index (χ3n) is 4.49. The summed E-state index contributed by atoms with van der Waals surface area (Å²) in [7, 11) is 1.80. The fourth-order valence-corrected chi connectivity index (χ4v) is 2.85. The molecule has 0 aliphatic carbocycles. The molecular weight excluding hydrogens is 349 g/mol. The number of pyridine rings is 1. The molecule has 7 nitrogen and oxygen atoms in total. The minimum atomic E-state index is -0.347. The Morgan fingerprint density at radius 3 is 2.63 bits per heavy atom.